The molecule has 0 fully saturated rings. The van der Waals surface area contributed by atoms with E-state index in [0.29, 0.717) is 0 Å². The molecular formula is C12H16AlCl3Ti-2. The van der Waals surface area contributed by atoms with Crippen LogP contribution in [0.1, 0.15) is 0 Å². The molecule has 0 spiro atoms. The Morgan fingerprint density at radius 1 is 0.824 bits per heavy atom. The second-order valence-corrected chi connectivity index (χ2v) is 10.2. The molecule has 0 amide bonds. The smallest absolute Gasteiger partial charge is 0.172 e. The van der Waals surface area contributed by atoms with Gasteiger partial charge in [0.2, 0.25) is 0 Å². The molecule has 0 bridgehead atoms. The molecule has 0 nitrogen and oxygen atoms in total. The summed E-state index contributed by atoms with van der Waals surface area (Å²) in [6.45, 7) is 0. The van der Waals surface area contributed by atoms with E-state index >= 15 is 0 Å². The third-order valence-corrected chi connectivity index (χ3v) is 1.11. The van der Waals surface area contributed by atoms with Crippen molar-refractivity contribution in [2.45, 2.75) is 11.6 Å². The summed E-state index contributed by atoms with van der Waals surface area (Å²) < 4.78 is 0. The van der Waals surface area contributed by atoms with Crippen molar-refractivity contribution >= 4 is 41.9 Å². The van der Waals surface area contributed by atoms with Crippen molar-refractivity contribution in [3.63, 3.8) is 0 Å². The van der Waals surface area contributed by atoms with Crippen LogP contribution in [0.25, 0.3) is 0 Å². The Bertz CT molecular complexity index is 206. The summed E-state index contributed by atoms with van der Waals surface area (Å²) in [5, 5.41) is 0. The van der Waals surface area contributed by atoms with Crippen LogP contribution < -0.4 is 0 Å². The molecule has 17 heavy (non-hydrogen) atoms. The van der Waals surface area contributed by atoms with Gasteiger partial charge < -0.3 is 0 Å². The number of hydrogen-bond donors (Lipinski definition) is 0. The molecule has 0 aliphatic heterocycles. The summed E-state index contributed by atoms with van der Waals surface area (Å²) in [6.07, 6.45) is 0. The van der Waals surface area contributed by atoms with Crippen LogP contribution in [0.3, 0.4) is 0 Å². The van der Waals surface area contributed by atoms with E-state index in [2.05, 4.69) is 11.6 Å². The molecule has 0 unspecified atom stereocenters. The van der Waals surface area contributed by atoms with Crippen LogP contribution in [-0.4, -0.2) is 13.2 Å². The standard InChI is InChI=1S/2C5H5.2CH3.Al.3ClH.Ti/c2*1-2-4-5-3-1;;;;;;;/h2*1-5H;2*1H3;;3*1H;/q2*-1;;;+1;;;;+2/p-3. The van der Waals surface area contributed by atoms with E-state index in [9.17, 15) is 0 Å². The van der Waals surface area contributed by atoms with E-state index in [0.717, 1.165) is 0 Å². The summed E-state index contributed by atoms with van der Waals surface area (Å²) in [6, 6.07) is 20.0. The van der Waals surface area contributed by atoms with Gasteiger partial charge in [0.05, 0.1) is 0 Å². The zero-order valence-electron chi connectivity index (χ0n) is 9.98. The molecule has 2 aromatic rings. The molecule has 0 aromatic heterocycles. The van der Waals surface area contributed by atoms with Crippen molar-refractivity contribution < 1.29 is 17.0 Å². The van der Waals surface area contributed by atoms with Gasteiger partial charge in [-0.2, -0.15) is 36.4 Å². The van der Waals surface area contributed by atoms with Gasteiger partial charge in [0.1, 0.15) is 0 Å². The molecule has 0 saturated carbocycles. The predicted octanol–water partition coefficient (Wildman–Crippen LogP) is 5.66. The van der Waals surface area contributed by atoms with Crippen molar-refractivity contribution in [1.29, 1.82) is 0 Å². The van der Waals surface area contributed by atoms with Crippen LogP contribution in [0, 0.1) is 0 Å². The summed E-state index contributed by atoms with van der Waals surface area (Å²) in [4.78, 5) is 0. The van der Waals surface area contributed by atoms with Crippen molar-refractivity contribution in [2.24, 2.45) is 0 Å². The number of halogens is 3. The van der Waals surface area contributed by atoms with Crippen molar-refractivity contribution in [1.82, 2.24) is 0 Å². The summed E-state index contributed by atoms with van der Waals surface area (Å²) >= 11 is -1.22. The topological polar surface area (TPSA) is 0 Å². The number of hydrogen-bond acceptors (Lipinski definition) is 0. The SMILES string of the molecule is [CH3][Al]([CH3])[Cl].[Cl][Ti][Cl].c1cc[cH-]c1.c1cc[cH-]c1. The minimum absolute atomic E-state index is 0.556. The summed E-state index contributed by atoms with van der Waals surface area (Å²) in [7, 11) is 15.2. The fourth-order valence-corrected chi connectivity index (χ4v) is 0.642. The Balaban J connectivity index is 0. The molecule has 2 aromatic carbocycles. The molecule has 0 saturated heterocycles. The van der Waals surface area contributed by atoms with Crippen LogP contribution in [0.2, 0.25) is 11.6 Å². The first-order valence-electron chi connectivity index (χ1n) is 5.08. The second-order valence-electron chi connectivity index (χ2n) is 3.01. The Hall–Kier alpha value is 0.817. The molecule has 0 radical (unpaired) electrons. The van der Waals surface area contributed by atoms with Gasteiger partial charge in [-0.05, 0) is 0 Å². The average molecular weight is 341 g/mol. The summed E-state index contributed by atoms with van der Waals surface area (Å²) in [5.41, 5.74) is 0. The zero-order chi connectivity index (χ0) is 13.4. The molecule has 0 heterocycles. The quantitative estimate of drug-likeness (QED) is 0.428. The predicted molar refractivity (Wildman–Crippen MR) is 79.1 cm³/mol. The maximum Gasteiger partial charge on any atom is -0.172 e. The van der Waals surface area contributed by atoms with Gasteiger partial charge in [-0.3, -0.25) is 10.0 Å². The normalized spacial score (nSPS) is 7.12. The molecule has 2 rings (SSSR count). The molecular weight excluding hydrogens is 325 g/mol. The van der Waals surface area contributed by atoms with Gasteiger partial charge in [-0.1, -0.05) is 11.6 Å². The van der Waals surface area contributed by atoms with Crippen LogP contribution in [-0.2, 0) is 17.0 Å². The minimum atomic E-state index is -0.667. The van der Waals surface area contributed by atoms with Gasteiger partial charge >= 0.3 is 48.9 Å². The van der Waals surface area contributed by atoms with E-state index in [4.69, 9.17) is 28.7 Å². The molecule has 0 aliphatic carbocycles. The van der Waals surface area contributed by atoms with E-state index in [1.165, 1.54) is 0 Å². The fraction of sp³-hybridized carbons (Fsp3) is 0.167. The Morgan fingerprint density at radius 2 is 1.00 bits per heavy atom. The first-order chi connectivity index (χ1) is 8.15. The third kappa shape index (κ3) is 31.6. The maximum absolute atomic E-state index is 5.41. The van der Waals surface area contributed by atoms with Crippen molar-refractivity contribution in [2.75, 3.05) is 0 Å². The van der Waals surface area contributed by atoms with Gasteiger partial charge in [-0.25, -0.2) is 24.3 Å². The van der Waals surface area contributed by atoms with Gasteiger partial charge in [-0.15, -0.1) is 0 Å². The molecule has 0 aliphatic rings. The molecule has 0 N–H and O–H groups in total. The van der Waals surface area contributed by atoms with Crippen LogP contribution >= 0.6 is 28.7 Å². The number of rotatable bonds is 0. The summed E-state index contributed by atoms with van der Waals surface area (Å²) in [5.74, 6) is 4.14. The zero-order valence-corrected chi connectivity index (χ0v) is 15.0. The van der Waals surface area contributed by atoms with E-state index in [1.807, 2.05) is 60.7 Å². The van der Waals surface area contributed by atoms with E-state index in [-0.39, 0.29) is 0 Å². The molecule has 0 atom stereocenters. The average Bonchev–Trinajstić information content (AvgIpc) is 2.98. The van der Waals surface area contributed by atoms with E-state index in [1.54, 1.807) is 0 Å². The first kappa shape index (κ1) is 20.1. The van der Waals surface area contributed by atoms with Crippen molar-refractivity contribution in [3.05, 3.63) is 60.7 Å². The largest absolute Gasteiger partial charge is 0.214 e. The van der Waals surface area contributed by atoms with Crippen LogP contribution in [0.4, 0.5) is 0 Å². The molecule has 94 valence electrons. The van der Waals surface area contributed by atoms with E-state index < -0.39 is 30.3 Å². The van der Waals surface area contributed by atoms with Gasteiger partial charge in [0.25, 0.3) is 0 Å². The van der Waals surface area contributed by atoms with Crippen LogP contribution in [0.15, 0.2) is 60.7 Å². The Labute approximate surface area is 130 Å². The van der Waals surface area contributed by atoms with Crippen molar-refractivity contribution in [3.8, 4) is 0 Å². The van der Waals surface area contributed by atoms with Crippen LogP contribution in [0.5, 0.6) is 0 Å². The molecule has 5 heteroatoms. The Morgan fingerprint density at radius 3 is 1.06 bits per heavy atom. The maximum atomic E-state index is 5.41. The third-order valence-electron chi connectivity index (χ3n) is 1.11. The second kappa shape index (κ2) is 19.2. The minimum Gasteiger partial charge on any atom is -0.214 e. The Kier molecular flexibility index (Phi) is 22.7. The van der Waals surface area contributed by atoms with Gasteiger partial charge in [0, 0.05) is 0 Å². The fourth-order valence-electron chi connectivity index (χ4n) is 0.642. The monoisotopic (exact) mass is 340 g/mol. The van der Waals surface area contributed by atoms with Gasteiger partial charge in [0.15, 0.2) is 0 Å². The first-order valence-corrected chi connectivity index (χ1v) is 13.4.